The van der Waals surface area contributed by atoms with Crippen LogP contribution in [-0.2, 0) is 4.79 Å². The van der Waals surface area contributed by atoms with Crippen LogP contribution in [0.3, 0.4) is 0 Å². The van der Waals surface area contributed by atoms with Gasteiger partial charge in [-0.2, -0.15) is 0 Å². The average molecular weight is 130 g/mol. The van der Waals surface area contributed by atoms with Gasteiger partial charge in [0.25, 0.3) is 0 Å². The molecule has 0 amide bonds. The molecule has 0 aliphatic heterocycles. The quantitative estimate of drug-likeness (QED) is 0.581. The van der Waals surface area contributed by atoms with Crippen molar-refractivity contribution >= 4 is 5.97 Å². The Kier molecular flexibility index (Phi) is 12.6. The molecule has 0 aromatic carbocycles. The van der Waals surface area contributed by atoms with Crippen LogP contribution in [0.25, 0.3) is 0 Å². The Hall–Kier alpha value is -0.790. The van der Waals surface area contributed by atoms with E-state index in [-0.39, 0.29) is 0 Å². The fraction of sp³-hybridized carbons (Fsp3) is 0.571. The fourth-order valence-corrected chi connectivity index (χ4v) is 0. The first-order valence-electron chi connectivity index (χ1n) is 3.04. The van der Waals surface area contributed by atoms with Crippen molar-refractivity contribution in [1.82, 2.24) is 0 Å². The van der Waals surface area contributed by atoms with Crippen molar-refractivity contribution in [1.29, 1.82) is 0 Å². The number of hydrogen-bond donors (Lipinski definition) is 1. The standard InChI is InChI=1S/C4H10.C3H4O2/c1-3-4-2;1-2-3(4)5/h3-4H2,1-2H3;2H,1H2,(H,4,5). The molecule has 9 heavy (non-hydrogen) atoms. The first-order chi connectivity index (χ1) is 4.18. The summed E-state index contributed by atoms with van der Waals surface area (Å²) in [6.45, 7) is 7.32. The van der Waals surface area contributed by atoms with E-state index in [2.05, 4.69) is 20.4 Å². The van der Waals surface area contributed by atoms with Gasteiger partial charge in [-0.15, -0.1) is 0 Å². The molecule has 0 spiro atoms. The summed E-state index contributed by atoms with van der Waals surface area (Å²) in [5.41, 5.74) is 0. The van der Waals surface area contributed by atoms with Crippen molar-refractivity contribution in [2.75, 3.05) is 0 Å². The van der Waals surface area contributed by atoms with E-state index in [4.69, 9.17) is 5.11 Å². The summed E-state index contributed by atoms with van der Waals surface area (Å²) in [6, 6.07) is 0. The number of unbranched alkanes of at least 4 members (excludes halogenated alkanes) is 1. The topological polar surface area (TPSA) is 37.3 Å². The van der Waals surface area contributed by atoms with E-state index < -0.39 is 5.97 Å². The van der Waals surface area contributed by atoms with Crippen molar-refractivity contribution in [3.8, 4) is 0 Å². The molecule has 0 bridgehead atoms. The lowest BCUT2D eigenvalue weighted by molar-refractivity contribution is -0.131. The van der Waals surface area contributed by atoms with Crippen molar-refractivity contribution in [3.05, 3.63) is 12.7 Å². The molecule has 0 aliphatic carbocycles. The van der Waals surface area contributed by atoms with E-state index in [1.165, 1.54) is 12.8 Å². The monoisotopic (exact) mass is 130 g/mol. The Morgan fingerprint density at radius 2 is 1.78 bits per heavy atom. The van der Waals surface area contributed by atoms with E-state index >= 15 is 0 Å². The van der Waals surface area contributed by atoms with Crippen molar-refractivity contribution in [2.24, 2.45) is 0 Å². The normalized spacial score (nSPS) is 6.89. The van der Waals surface area contributed by atoms with E-state index in [9.17, 15) is 4.79 Å². The van der Waals surface area contributed by atoms with Crippen molar-refractivity contribution in [3.63, 3.8) is 0 Å². The molecule has 0 rings (SSSR count). The third kappa shape index (κ3) is 40.1. The summed E-state index contributed by atoms with van der Waals surface area (Å²) < 4.78 is 0. The van der Waals surface area contributed by atoms with Gasteiger partial charge in [0.1, 0.15) is 0 Å². The first kappa shape index (κ1) is 11.1. The van der Waals surface area contributed by atoms with Gasteiger partial charge in [-0.1, -0.05) is 33.3 Å². The summed E-state index contributed by atoms with van der Waals surface area (Å²) in [5, 5.41) is 7.60. The molecule has 0 radical (unpaired) electrons. The Morgan fingerprint density at radius 3 is 1.78 bits per heavy atom. The van der Waals surface area contributed by atoms with E-state index in [1.807, 2.05) is 0 Å². The van der Waals surface area contributed by atoms with Gasteiger partial charge in [-0.3, -0.25) is 0 Å². The zero-order valence-corrected chi connectivity index (χ0v) is 6.05. The third-order valence-electron chi connectivity index (χ3n) is 0.675. The molecule has 0 unspecified atom stereocenters. The molecule has 1 N–H and O–H groups in total. The van der Waals surface area contributed by atoms with Crippen LogP contribution in [0, 0.1) is 0 Å². The lowest BCUT2D eigenvalue weighted by Crippen LogP contribution is -1.82. The summed E-state index contributed by atoms with van der Waals surface area (Å²) >= 11 is 0. The van der Waals surface area contributed by atoms with E-state index in [0.29, 0.717) is 0 Å². The first-order valence-corrected chi connectivity index (χ1v) is 3.04. The number of rotatable bonds is 2. The Morgan fingerprint density at radius 1 is 1.56 bits per heavy atom. The molecular formula is C7H14O2. The van der Waals surface area contributed by atoms with Gasteiger partial charge in [-0.25, -0.2) is 4.79 Å². The molecule has 0 saturated heterocycles. The number of carboxylic acid groups (broad SMARTS) is 1. The van der Waals surface area contributed by atoms with Gasteiger partial charge in [0, 0.05) is 6.08 Å². The van der Waals surface area contributed by atoms with Crippen LogP contribution in [0.15, 0.2) is 12.7 Å². The Labute approximate surface area is 56.2 Å². The van der Waals surface area contributed by atoms with Gasteiger partial charge in [0.15, 0.2) is 0 Å². The Balaban J connectivity index is 0. The Bertz CT molecular complexity index is 75.0. The smallest absolute Gasteiger partial charge is 0.327 e. The molecule has 0 atom stereocenters. The maximum Gasteiger partial charge on any atom is 0.327 e. The summed E-state index contributed by atoms with van der Waals surface area (Å²) in [6.07, 6.45) is 3.47. The molecule has 54 valence electrons. The second kappa shape index (κ2) is 10.2. The maximum absolute atomic E-state index is 9.25. The molecule has 0 heterocycles. The second-order valence-corrected chi connectivity index (χ2v) is 1.54. The molecular weight excluding hydrogens is 116 g/mol. The minimum atomic E-state index is -0.981. The van der Waals surface area contributed by atoms with E-state index in [0.717, 1.165) is 6.08 Å². The molecule has 0 aromatic heterocycles. The van der Waals surface area contributed by atoms with Crippen LogP contribution in [0.1, 0.15) is 26.7 Å². The minimum absolute atomic E-state index is 0.833. The van der Waals surface area contributed by atoms with Gasteiger partial charge < -0.3 is 5.11 Å². The van der Waals surface area contributed by atoms with Crippen LogP contribution < -0.4 is 0 Å². The van der Waals surface area contributed by atoms with Gasteiger partial charge >= 0.3 is 5.97 Å². The number of hydrogen-bond acceptors (Lipinski definition) is 1. The van der Waals surface area contributed by atoms with Crippen molar-refractivity contribution in [2.45, 2.75) is 26.7 Å². The van der Waals surface area contributed by atoms with Crippen LogP contribution in [0.4, 0.5) is 0 Å². The van der Waals surface area contributed by atoms with Crippen LogP contribution in [0.2, 0.25) is 0 Å². The van der Waals surface area contributed by atoms with Crippen LogP contribution in [0.5, 0.6) is 0 Å². The number of carbonyl (C=O) groups is 1. The van der Waals surface area contributed by atoms with Crippen LogP contribution >= 0.6 is 0 Å². The molecule has 2 nitrogen and oxygen atoms in total. The fourth-order valence-electron chi connectivity index (χ4n) is 0. The van der Waals surface area contributed by atoms with Gasteiger partial charge in [-0.05, 0) is 0 Å². The molecule has 0 aliphatic rings. The lowest BCUT2D eigenvalue weighted by Gasteiger charge is -1.68. The SMILES string of the molecule is C=CC(=O)O.CCCC. The highest BCUT2D eigenvalue weighted by Crippen LogP contribution is 1.76. The summed E-state index contributed by atoms with van der Waals surface area (Å²) in [7, 11) is 0. The second-order valence-electron chi connectivity index (χ2n) is 1.54. The number of carboxylic acids is 1. The zero-order valence-electron chi connectivity index (χ0n) is 6.05. The molecule has 0 saturated carbocycles. The average Bonchev–Trinajstić information content (AvgIpc) is 1.89. The zero-order chi connectivity index (χ0) is 7.70. The van der Waals surface area contributed by atoms with Crippen molar-refractivity contribution < 1.29 is 9.90 Å². The summed E-state index contributed by atoms with van der Waals surface area (Å²) in [5.74, 6) is -0.981. The maximum atomic E-state index is 9.25. The van der Waals surface area contributed by atoms with Crippen LogP contribution in [-0.4, -0.2) is 11.1 Å². The van der Waals surface area contributed by atoms with Gasteiger partial charge in [0.2, 0.25) is 0 Å². The highest BCUT2D eigenvalue weighted by Gasteiger charge is 1.73. The minimum Gasteiger partial charge on any atom is -0.478 e. The predicted molar refractivity (Wildman–Crippen MR) is 38.4 cm³/mol. The van der Waals surface area contributed by atoms with E-state index in [1.54, 1.807) is 0 Å². The largest absolute Gasteiger partial charge is 0.478 e. The predicted octanol–water partition coefficient (Wildman–Crippen LogP) is 2.06. The lowest BCUT2D eigenvalue weighted by atomic mass is 10.4. The number of aliphatic carboxylic acids is 1. The molecule has 0 aromatic rings. The van der Waals surface area contributed by atoms with Gasteiger partial charge in [0.05, 0.1) is 0 Å². The highest BCUT2D eigenvalue weighted by molar-refractivity contribution is 5.78. The highest BCUT2D eigenvalue weighted by atomic mass is 16.4. The molecule has 2 heteroatoms. The summed E-state index contributed by atoms with van der Waals surface area (Å²) in [4.78, 5) is 9.25. The molecule has 0 fully saturated rings. The third-order valence-corrected chi connectivity index (χ3v) is 0.675.